The quantitative estimate of drug-likeness (QED) is 0.865. The third-order valence-corrected chi connectivity index (χ3v) is 3.46. The molecule has 0 amide bonds. The predicted molar refractivity (Wildman–Crippen MR) is 76.5 cm³/mol. The summed E-state index contributed by atoms with van der Waals surface area (Å²) in [4.78, 5) is 9.31. The maximum Gasteiger partial charge on any atom is 0.213 e. The van der Waals surface area contributed by atoms with E-state index in [0.717, 1.165) is 18.0 Å². The summed E-state index contributed by atoms with van der Waals surface area (Å²) in [6.45, 7) is 4.19. The van der Waals surface area contributed by atoms with Crippen LogP contribution in [0.1, 0.15) is 31.7 Å². The Balaban J connectivity index is 1.74. The second-order valence-corrected chi connectivity index (χ2v) is 5.32. The Labute approximate surface area is 108 Å². The van der Waals surface area contributed by atoms with Gasteiger partial charge in [0.15, 0.2) is 0 Å². The Morgan fingerprint density at radius 2 is 1.78 bits per heavy atom. The molecule has 18 heavy (non-hydrogen) atoms. The average molecular weight is 241 g/mol. The molecule has 1 aliphatic heterocycles. The molecule has 1 aromatic carbocycles. The van der Waals surface area contributed by atoms with Crippen molar-refractivity contribution in [2.45, 2.75) is 39.4 Å². The molecule has 0 saturated heterocycles. The van der Waals surface area contributed by atoms with E-state index < -0.39 is 0 Å². The standard InChI is InChI=1S/C15H19N3/c1-10-3-7-13(8-4-10)17-15-16-11(2)9-14(18-15)12-5-6-12/h3-4,7-8,12,15,17H,5-6,9H2,1-2H3. The highest BCUT2D eigenvalue weighted by atomic mass is 15.2. The van der Waals surface area contributed by atoms with Crippen LogP contribution in [-0.2, 0) is 0 Å². The molecule has 2 aliphatic rings. The van der Waals surface area contributed by atoms with Gasteiger partial charge in [0.1, 0.15) is 0 Å². The molecular weight excluding hydrogens is 222 g/mol. The lowest BCUT2D eigenvalue weighted by Crippen LogP contribution is -2.25. The molecule has 94 valence electrons. The van der Waals surface area contributed by atoms with Crippen molar-refractivity contribution in [1.82, 2.24) is 0 Å². The van der Waals surface area contributed by atoms with Crippen molar-refractivity contribution in [3.05, 3.63) is 29.8 Å². The van der Waals surface area contributed by atoms with E-state index in [2.05, 4.69) is 48.4 Å². The topological polar surface area (TPSA) is 36.8 Å². The Kier molecular flexibility index (Phi) is 2.90. The zero-order valence-electron chi connectivity index (χ0n) is 11.0. The molecule has 1 heterocycles. The maximum absolute atomic E-state index is 4.73. The van der Waals surface area contributed by atoms with E-state index in [4.69, 9.17) is 4.99 Å². The average Bonchev–Trinajstić information content (AvgIpc) is 3.15. The fourth-order valence-electron chi connectivity index (χ4n) is 2.28. The number of aliphatic imine (C=N–C) groups is 2. The van der Waals surface area contributed by atoms with E-state index in [1.807, 2.05) is 0 Å². The number of hydrogen-bond acceptors (Lipinski definition) is 3. The van der Waals surface area contributed by atoms with Crippen molar-refractivity contribution in [2.75, 3.05) is 5.32 Å². The predicted octanol–water partition coefficient (Wildman–Crippen LogP) is 3.41. The number of nitrogens with zero attached hydrogens (tertiary/aromatic N) is 2. The minimum absolute atomic E-state index is 0.128. The third kappa shape index (κ3) is 2.61. The molecule has 1 aliphatic carbocycles. The maximum atomic E-state index is 4.73. The largest absolute Gasteiger partial charge is 0.345 e. The molecule has 1 saturated carbocycles. The highest BCUT2D eigenvalue weighted by Crippen LogP contribution is 2.33. The van der Waals surface area contributed by atoms with Crippen LogP contribution in [0.15, 0.2) is 34.3 Å². The van der Waals surface area contributed by atoms with Gasteiger partial charge in [-0.05, 0) is 44.7 Å². The van der Waals surface area contributed by atoms with Crippen molar-refractivity contribution < 1.29 is 0 Å². The SMILES string of the molecule is CC1=NC(Nc2ccc(C)cc2)N=C(C2CC2)C1. The zero-order valence-corrected chi connectivity index (χ0v) is 11.0. The molecule has 0 radical (unpaired) electrons. The van der Waals surface area contributed by atoms with Crippen LogP contribution in [0.3, 0.4) is 0 Å². The summed E-state index contributed by atoms with van der Waals surface area (Å²) in [6.07, 6.45) is 3.46. The van der Waals surface area contributed by atoms with Crippen molar-refractivity contribution in [2.24, 2.45) is 15.9 Å². The van der Waals surface area contributed by atoms with Gasteiger partial charge in [0.25, 0.3) is 0 Å². The molecule has 1 fully saturated rings. The Morgan fingerprint density at radius 1 is 1.06 bits per heavy atom. The van der Waals surface area contributed by atoms with Crippen LogP contribution < -0.4 is 5.32 Å². The van der Waals surface area contributed by atoms with Gasteiger partial charge in [0.2, 0.25) is 6.29 Å². The van der Waals surface area contributed by atoms with Gasteiger partial charge in [0, 0.05) is 23.5 Å². The summed E-state index contributed by atoms with van der Waals surface area (Å²) < 4.78 is 0. The molecule has 3 nitrogen and oxygen atoms in total. The molecule has 1 aromatic rings. The van der Waals surface area contributed by atoms with Crippen molar-refractivity contribution in [1.29, 1.82) is 0 Å². The van der Waals surface area contributed by atoms with Gasteiger partial charge in [-0.3, -0.25) is 0 Å². The van der Waals surface area contributed by atoms with Crippen molar-refractivity contribution in [3.63, 3.8) is 0 Å². The van der Waals surface area contributed by atoms with Crippen LogP contribution in [-0.4, -0.2) is 17.7 Å². The number of aryl methyl sites for hydroxylation is 1. The normalized spacial score (nSPS) is 23.3. The Morgan fingerprint density at radius 3 is 2.44 bits per heavy atom. The van der Waals surface area contributed by atoms with Gasteiger partial charge < -0.3 is 5.32 Å². The van der Waals surface area contributed by atoms with Gasteiger partial charge in [-0.1, -0.05) is 17.7 Å². The smallest absolute Gasteiger partial charge is 0.213 e. The zero-order chi connectivity index (χ0) is 12.5. The molecule has 3 rings (SSSR count). The highest BCUT2D eigenvalue weighted by molar-refractivity contribution is 6.06. The molecular formula is C15H19N3. The molecule has 1 unspecified atom stereocenters. The Bertz CT molecular complexity index is 495. The number of benzene rings is 1. The second kappa shape index (κ2) is 4.56. The molecule has 1 atom stereocenters. The first-order chi connectivity index (χ1) is 8.70. The van der Waals surface area contributed by atoms with Gasteiger partial charge >= 0.3 is 0 Å². The monoisotopic (exact) mass is 241 g/mol. The lowest BCUT2D eigenvalue weighted by Gasteiger charge is -2.20. The summed E-state index contributed by atoms with van der Waals surface area (Å²) in [5.74, 6) is 0.734. The lowest BCUT2D eigenvalue weighted by molar-refractivity contribution is 0.783. The fourth-order valence-corrected chi connectivity index (χ4v) is 2.28. The summed E-state index contributed by atoms with van der Waals surface area (Å²) in [7, 11) is 0. The van der Waals surface area contributed by atoms with Gasteiger partial charge in [0.05, 0.1) is 0 Å². The van der Waals surface area contributed by atoms with Crippen LogP contribution in [0.25, 0.3) is 0 Å². The summed E-state index contributed by atoms with van der Waals surface area (Å²) in [5, 5.41) is 3.38. The van der Waals surface area contributed by atoms with Gasteiger partial charge in [-0.15, -0.1) is 0 Å². The number of anilines is 1. The number of rotatable bonds is 3. The summed E-state index contributed by atoms with van der Waals surface area (Å²) in [5.41, 5.74) is 4.89. The van der Waals surface area contributed by atoms with E-state index in [-0.39, 0.29) is 6.29 Å². The van der Waals surface area contributed by atoms with Crippen LogP contribution in [0.2, 0.25) is 0 Å². The number of nitrogens with one attached hydrogen (secondary N) is 1. The van der Waals surface area contributed by atoms with Crippen LogP contribution in [0, 0.1) is 12.8 Å². The first-order valence-corrected chi connectivity index (χ1v) is 6.64. The first-order valence-electron chi connectivity index (χ1n) is 6.64. The summed E-state index contributed by atoms with van der Waals surface area (Å²) >= 11 is 0. The third-order valence-electron chi connectivity index (χ3n) is 3.46. The minimum Gasteiger partial charge on any atom is -0.345 e. The van der Waals surface area contributed by atoms with E-state index in [1.54, 1.807) is 0 Å². The van der Waals surface area contributed by atoms with E-state index in [0.29, 0.717) is 0 Å². The molecule has 0 spiro atoms. The van der Waals surface area contributed by atoms with Gasteiger partial charge in [-0.25, -0.2) is 9.98 Å². The van der Waals surface area contributed by atoms with E-state index in [9.17, 15) is 0 Å². The van der Waals surface area contributed by atoms with Crippen LogP contribution >= 0.6 is 0 Å². The molecule has 3 heteroatoms. The van der Waals surface area contributed by atoms with Crippen molar-refractivity contribution in [3.8, 4) is 0 Å². The first kappa shape index (κ1) is 11.5. The van der Waals surface area contributed by atoms with Gasteiger partial charge in [-0.2, -0.15) is 0 Å². The Hall–Kier alpha value is -1.64. The van der Waals surface area contributed by atoms with Crippen molar-refractivity contribution >= 4 is 17.1 Å². The highest BCUT2D eigenvalue weighted by Gasteiger charge is 2.30. The molecule has 0 aromatic heterocycles. The van der Waals surface area contributed by atoms with Crippen LogP contribution in [0.4, 0.5) is 5.69 Å². The van der Waals surface area contributed by atoms with Crippen LogP contribution in [0.5, 0.6) is 0 Å². The lowest BCUT2D eigenvalue weighted by atomic mass is 10.1. The molecule has 0 bridgehead atoms. The second-order valence-electron chi connectivity index (χ2n) is 5.32. The summed E-state index contributed by atoms with van der Waals surface area (Å²) in [6, 6.07) is 8.38. The van der Waals surface area contributed by atoms with E-state index in [1.165, 1.54) is 29.8 Å². The van der Waals surface area contributed by atoms with E-state index >= 15 is 0 Å². The number of hydrogen-bond donors (Lipinski definition) is 1. The molecule has 1 N–H and O–H groups in total. The minimum atomic E-state index is -0.128. The fraction of sp³-hybridized carbons (Fsp3) is 0.467.